The van der Waals surface area contributed by atoms with E-state index in [9.17, 15) is 9.90 Å². The molecule has 1 unspecified atom stereocenters. The van der Waals surface area contributed by atoms with Crippen molar-refractivity contribution < 1.29 is 14.6 Å². The van der Waals surface area contributed by atoms with Gasteiger partial charge in [-0.3, -0.25) is 0 Å². The number of hydrogen-bond acceptors (Lipinski definition) is 3. The van der Waals surface area contributed by atoms with Gasteiger partial charge in [0.1, 0.15) is 0 Å². The first-order valence-electron chi connectivity index (χ1n) is 6.48. The number of methoxy groups -OCH3 is 1. The second kappa shape index (κ2) is 7.36. The lowest BCUT2D eigenvalue weighted by Gasteiger charge is -2.28. The summed E-state index contributed by atoms with van der Waals surface area (Å²) >= 11 is 5.99. The van der Waals surface area contributed by atoms with Gasteiger partial charge in [0.05, 0.1) is 30.0 Å². The lowest BCUT2D eigenvalue weighted by Crippen LogP contribution is -2.50. The molecule has 6 heteroatoms. The molecule has 0 fully saturated rings. The first-order valence-corrected chi connectivity index (χ1v) is 6.86. The summed E-state index contributed by atoms with van der Waals surface area (Å²) in [4.78, 5) is 12.0. The van der Waals surface area contributed by atoms with Crippen LogP contribution in [0.4, 0.5) is 10.5 Å². The first-order chi connectivity index (χ1) is 9.45. The quantitative estimate of drug-likeness (QED) is 0.756. The van der Waals surface area contributed by atoms with E-state index >= 15 is 0 Å². The Morgan fingerprint density at radius 1 is 1.50 bits per heavy atom. The fourth-order valence-electron chi connectivity index (χ4n) is 1.98. The van der Waals surface area contributed by atoms with Crippen LogP contribution in [0.3, 0.4) is 0 Å². The molecule has 0 aromatic heterocycles. The summed E-state index contributed by atoms with van der Waals surface area (Å²) in [6.07, 6.45) is 1.54. The van der Waals surface area contributed by atoms with Crippen molar-refractivity contribution >= 4 is 23.3 Å². The maximum Gasteiger partial charge on any atom is 0.319 e. The van der Waals surface area contributed by atoms with E-state index in [-0.39, 0.29) is 6.61 Å². The number of amides is 2. The van der Waals surface area contributed by atoms with E-state index in [2.05, 4.69) is 10.6 Å². The number of hydrogen-bond donors (Lipinski definition) is 3. The van der Waals surface area contributed by atoms with Crippen LogP contribution in [0.2, 0.25) is 5.02 Å². The summed E-state index contributed by atoms with van der Waals surface area (Å²) in [5, 5.41) is 15.3. The number of aliphatic hydroxyl groups is 1. The molecule has 0 radical (unpaired) electrons. The van der Waals surface area contributed by atoms with Gasteiger partial charge >= 0.3 is 6.03 Å². The molecule has 1 aromatic rings. The summed E-state index contributed by atoms with van der Waals surface area (Å²) in [5.41, 5.74) is -0.167. The SMILES string of the molecule is CCCC(C)(CO)NC(=O)Nc1cccc(Cl)c1OC. The predicted octanol–water partition coefficient (Wildman–Crippen LogP) is 3.02. The molecule has 0 spiro atoms. The summed E-state index contributed by atoms with van der Waals surface area (Å²) in [5.74, 6) is 0.408. The number of ether oxygens (including phenoxy) is 1. The fourth-order valence-corrected chi connectivity index (χ4v) is 2.23. The number of rotatable bonds is 6. The highest BCUT2D eigenvalue weighted by molar-refractivity contribution is 6.32. The van der Waals surface area contributed by atoms with Gasteiger partial charge in [0.2, 0.25) is 0 Å². The molecule has 0 saturated heterocycles. The molecule has 0 saturated carbocycles. The normalized spacial score (nSPS) is 13.4. The van der Waals surface area contributed by atoms with Gasteiger partial charge in [-0.1, -0.05) is 31.0 Å². The van der Waals surface area contributed by atoms with Gasteiger partial charge in [-0.2, -0.15) is 0 Å². The molecule has 0 aliphatic rings. The molecule has 0 bridgehead atoms. The minimum absolute atomic E-state index is 0.124. The van der Waals surface area contributed by atoms with E-state index < -0.39 is 11.6 Å². The van der Waals surface area contributed by atoms with Crippen molar-refractivity contribution in [2.24, 2.45) is 0 Å². The molecule has 2 amide bonds. The van der Waals surface area contributed by atoms with E-state index in [0.717, 1.165) is 6.42 Å². The maximum atomic E-state index is 12.0. The van der Waals surface area contributed by atoms with Gasteiger partial charge in [-0.05, 0) is 25.5 Å². The Kier molecular flexibility index (Phi) is 6.10. The third kappa shape index (κ3) is 4.28. The number of urea groups is 1. The molecule has 0 heterocycles. The third-order valence-electron chi connectivity index (χ3n) is 2.99. The van der Waals surface area contributed by atoms with Gasteiger partial charge in [0.15, 0.2) is 5.75 Å². The van der Waals surface area contributed by atoms with E-state index in [1.165, 1.54) is 7.11 Å². The average molecular weight is 301 g/mol. The average Bonchev–Trinajstić information content (AvgIpc) is 2.39. The third-order valence-corrected chi connectivity index (χ3v) is 3.28. The van der Waals surface area contributed by atoms with Crippen molar-refractivity contribution in [2.75, 3.05) is 19.0 Å². The number of nitrogens with one attached hydrogen (secondary N) is 2. The largest absolute Gasteiger partial charge is 0.493 e. The standard InChI is InChI=1S/C14H21ClN2O3/c1-4-8-14(2,9-18)17-13(19)16-11-7-5-6-10(15)12(11)20-3/h5-7,18H,4,8-9H2,1-3H3,(H2,16,17,19). The molecule has 5 nitrogen and oxygen atoms in total. The number of benzene rings is 1. The van der Waals surface area contributed by atoms with Crippen LogP contribution in [0.15, 0.2) is 18.2 Å². The van der Waals surface area contributed by atoms with Crippen LogP contribution < -0.4 is 15.4 Å². The van der Waals surface area contributed by atoms with Crippen molar-refractivity contribution in [3.8, 4) is 5.75 Å². The summed E-state index contributed by atoms with van der Waals surface area (Å²) in [6.45, 7) is 3.67. The van der Waals surface area contributed by atoms with Crippen LogP contribution >= 0.6 is 11.6 Å². The Morgan fingerprint density at radius 3 is 2.75 bits per heavy atom. The monoisotopic (exact) mass is 300 g/mol. The molecule has 1 rings (SSSR count). The number of carbonyl (C=O) groups excluding carboxylic acids is 1. The Bertz CT molecular complexity index is 468. The highest BCUT2D eigenvalue weighted by atomic mass is 35.5. The van der Waals surface area contributed by atoms with Crippen LogP contribution in [0, 0.1) is 0 Å². The Balaban J connectivity index is 2.79. The van der Waals surface area contributed by atoms with Crippen molar-refractivity contribution in [3.63, 3.8) is 0 Å². The highest BCUT2D eigenvalue weighted by Crippen LogP contribution is 2.32. The van der Waals surface area contributed by atoms with Gasteiger partial charge in [0, 0.05) is 0 Å². The van der Waals surface area contributed by atoms with E-state index in [4.69, 9.17) is 16.3 Å². The predicted molar refractivity (Wildman–Crippen MR) is 80.6 cm³/mol. The minimum atomic E-state index is -0.648. The molecular weight excluding hydrogens is 280 g/mol. The lowest BCUT2D eigenvalue weighted by atomic mass is 9.98. The number of para-hydroxylation sites is 1. The van der Waals surface area contributed by atoms with Crippen molar-refractivity contribution in [3.05, 3.63) is 23.2 Å². The van der Waals surface area contributed by atoms with Crippen molar-refractivity contribution in [1.29, 1.82) is 0 Å². The molecule has 0 aliphatic heterocycles. The van der Waals surface area contributed by atoms with E-state index in [1.54, 1.807) is 25.1 Å². The Hall–Kier alpha value is -1.46. The molecule has 0 aliphatic carbocycles. The molecular formula is C14H21ClN2O3. The Morgan fingerprint density at radius 2 is 2.20 bits per heavy atom. The zero-order chi connectivity index (χ0) is 15.2. The number of anilines is 1. The first kappa shape index (κ1) is 16.6. The number of halogens is 1. The Labute approximate surface area is 124 Å². The van der Waals surface area contributed by atoms with Gasteiger partial charge < -0.3 is 20.5 Å². The minimum Gasteiger partial charge on any atom is -0.493 e. The molecule has 1 aromatic carbocycles. The highest BCUT2D eigenvalue weighted by Gasteiger charge is 2.24. The van der Waals surface area contributed by atoms with Crippen LogP contribution in [0.25, 0.3) is 0 Å². The molecule has 20 heavy (non-hydrogen) atoms. The second-order valence-corrected chi connectivity index (χ2v) is 5.28. The zero-order valence-electron chi connectivity index (χ0n) is 12.0. The van der Waals surface area contributed by atoms with E-state index in [0.29, 0.717) is 22.9 Å². The van der Waals surface area contributed by atoms with Crippen molar-refractivity contribution in [1.82, 2.24) is 5.32 Å². The van der Waals surface area contributed by atoms with Gasteiger partial charge in [0.25, 0.3) is 0 Å². The number of aliphatic hydroxyl groups excluding tert-OH is 1. The fraction of sp³-hybridized carbons (Fsp3) is 0.500. The summed E-state index contributed by atoms with van der Waals surface area (Å²) < 4.78 is 5.16. The van der Waals surface area contributed by atoms with Crippen LogP contribution in [-0.4, -0.2) is 30.4 Å². The van der Waals surface area contributed by atoms with Gasteiger partial charge in [-0.15, -0.1) is 0 Å². The smallest absolute Gasteiger partial charge is 0.319 e. The zero-order valence-corrected chi connectivity index (χ0v) is 12.8. The second-order valence-electron chi connectivity index (χ2n) is 4.87. The van der Waals surface area contributed by atoms with Crippen molar-refractivity contribution in [2.45, 2.75) is 32.2 Å². The van der Waals surface area contributed by atoms with Gasteiger partial charge in [-0.25, -0.2) is 4.79 Å². The van der Waals surface area contributed by atoms with Crippen LogP contribution in [0.5, 0.6) is 5.75 Å². The van der Waals surface area contributed by atoms with Crippen LogP contribution in [0.1, 0.15) is 26.7 Å². The molecule has 3 N–H and O–H groups in total. The lowest BCUT2D eigenvalue weighted by molar-refractivity contribution is 0.167. The summed E-state index contributed by atoms with van der Waals surface area (Å²) in [6, 6.07) is 4.69. The molecule has 1 atom stereocenters. The molecule has 112 valence electrons. The van der Waals surface area contributed by atoms with Crippen LogP contribution in [-0.2, 0) is 0 Å². The number of carbonyl (C=O) groups is 1. The topological polar surface area (TPSA) is 70.6 Å². The van der Waals surface area contributed by atoms with E-state index in [1.807, 2.05) is 6.92 Å². The summed E-state index contributed by atoms with van der Waals surface area (Å²) in [7, 11) is 1.49. The maximum absolute atomic E-state index is 12.0.